The minimum Gasteiger partial charge on any atom is -0.465 e. The van der Waals surface area contributed by atoms with E-state index >= 15 is 4.39 Å². The first-order chi connectivity index (χ1) is 14.7. The molecule has 3 rings (SSSR count). The van der Waals surface area contributed by atoms with Gasteiger partial charge in [0.25, 0.3) is 0 Å². The number of hydrogen-bond acceptors (Lipinski definition) is 3. The molecule has 1 aliphatic heterocycles. The fraction of sp³-hybridized carbons (Fsp3) is 0.435. The van der Waals surface area contributed by atoms with Crippen molar-refractivity contribution in [2.24, 2.45) is 5.92 Å². The predicted octanol–water partition coefficient (Wildman–Crippen LogP) is 4.31. The maximum absolute atomic E-state index is 15.1. The van der Waals surface area contributed by atoms with E-state index in [0.717, 1.165) is 19.0 Å². The third-order valence-corrected chi connectivity index (χ3v) is 5.90. The van der Waals surface area contributed by atoms with E-state index in [1.807, 2.05) is 0 Å². The van der Waals surface area contributed by atoms with Gasteiger partial charge in [0, 0.05) is 36.2 Å². The quantitative estimate of drug-likeness (QED) is 0.488. The number of piperidine rings is 1. The number of aryl methyl sites for hydroxylation is 1. The van der Waals surface area contributed by atoms with Crippen molar-refractivity contribution in [3.05, 3.63) is 58.9 Å². The summed E-state index contributed by atoms with van der Waals surface area (Å²) in [6.45, 7) is 3.00. The molecule has 1 saturated heterocycles. The van der Waals surface area contributed by atoms with Crippen LogP contribution in [0.5, 0.6) is 0 Å². The Morgan fingerprint density at radius 3 is 2.68 bits per heavy atom. The lowest BCUT2D eigenvalue weighted by Gasteiger charge is -2.40. The molecular weight excluding hydrogens is 409 g/mol. The Morgan fingerprint density at radius 2 is 2.00 bits per heavy atom. The number of hydrogen-bond donors (Lipinski definition) is 4. The third kappa shape index (κ3) is 5.19. The van der Waals surface area contributed by atoms with Crippen LogP contribution in [0.15, 0.2) is 30.3 Å². The van der Waals surface area contributed by atoms with E-state index in [2.05, 4.69) is 10.6 Å². The molecule has 0 aromatic heterocycles. The maximum Gasteiger partial charge on any atom is 0.404 e. The van der Waals surface area contributed by atoms with Crippen LogP contribution in [0, 0.1) is 30.3 Å². The number of amides is 1. The molecule has 0 bridgehead atoms. The number of aliphatic hydroxyl groups is 1. The Labute approximate surface area is 179 Å². The van der Waals surface area contributed by atoms with E-state index in [4.69, 9.17) is 5.11 Å². The molecule has 0 aliphatic carbocycles. The highest BCUT2D eigenvalue weighted by Crippen LogP contribution is 2.44. The van der Waals surface area contributed by atoms with Crippen LogP contribution in [0.4, 0.5) is 18.0 Å². The summed E-state index contributed by atoms with van der Waals surface area (Å²) in [4.78, 5) is 10.8. The van der Waals surface area contributed by atoms with Crippen LogP contribution in [0.25, 0.3) is 11.1 Å². The molecule has 2 aromatic rings. The molecule has 31 heavy (non-hydrogen) atoms. The second kappa shape index (κ2) is 9.70. The third-order valence-electron chi connectivity index (χ3n) is 5.90. The monoisotopic (exact) mass is 436 g/mol. The molecule has 1 amide bonds. The zero-order valence-electron chi connectivity index (χ0n) is 17.4. The van der Waals surface area contributed by atoms with Crippen molar-refractivity contribution in [3.8, 4) is 11.1 Å². The summed E-state index contributed by atoms with van der Waals surface area (Å²) in [5, 5.41) is 26.1. The molecule has 1 aliphatic rings. The van der Waals surface area contributed by atoms with Crippen LogP contribution in [0.2, 0.25) is 0 Å². The van der Waals surface area contributed by atoms with Gasteiger partial charge in [-0.2, -0.15) is 0 Å². The van der Waals surface area contributed by atoms with Crippen LogP contribution in [-0.4, -0.2) is 35.9 Å². The summed E-state index contributed by atoms with van der Waals surface area (Å²) in [7, 11) is 0. The summed E-state index contributed by atoms with van der Waals surface area (Å²) in [5.74, 6) is -2.87. The molecule has 5 nitrogen and oxygen atoms in total. The standard InChI is InChI=1S/C23H27F3N2O3/c1-14-5-6-19(25)17(10-14)21-18(11-16(24)12-20(21)26)23(31,7-3-9-28-22(29)30)15-4-2-8-27-13-15/h5-6,10-12,15,27-28,31H,2-4,7-9,13H2,1H3,(H,29,30)/t15-,23?/m1/s1. The van der Waals surface area contributed by atoms with Gasteiger partial charge in [0.05, 0.1) is 5.60 Å². The summed E-state index contributed by atoms with van der Waals surface area (Å²) < 4.78 is 44.1. The van der Waals surface area contributed by atoms with Crippen molar-refractivity contribution in [2.45, 2.75) is 38.2 Å². The van der Waals surface area contributed by atoms with E-state index < -0.39 is 29.1 Å². The lowest BCUT2D eigenvalue weighted by atomic mass is 9.72. The molecule has 1 fully saturated rings. The Bertz CT molecular complexity index is 948. The zero-order valence-corrected chi connectivity index (χ0v) is 17.4. The van der Waals surface area contributed by atoms with Crippen LogP contribution >= 0.6 is 0 Å². The van der Waals surface area contributed by atoms with Crippen molar-refractivity contribution in [1.82, 2.24) is 10.6 Å². The fourth-order valence-corrected chi connectivity index (χ4v) is 4.39. The van der Waals surface area contributed by atoms with Gasteiger partial charge in [0.2, 0.25) is 0 Å². The van der Waals surface area contributed by atoms with Gasteiger partial charge in [-0.1, -0.05) is 11.6 Å². The van der Waals surface area contributed by atoms with Crippen molar-refractivity contribution in [3.63, 3.8) is 0 Å². The second-order valence-electron chi connectivity index (χ2n) is 8.10. The van der Waals surface area contributed by atoms with Gasteiger partial charge in [0.1, 0.15) is 17.5 Å². The Hall–Kier alpha value is -2.58. The topological polar surface area (TPSA) is 81.6 Å². The van der Waals surface area contributed by atoms with E-state index in [9.17, 15) is 18.7 Å². The first-order valence-corrected chi connectivity index (χ1v) is 10.4. The molecule has 8 heteroatoms. The number of rotatable bonds is 7. The van der Waals surface area contributed by atoms with Crippen molar-refractivity contribution >= 4 is 6.09 Å². The second-order valence-corrected chi connectivity index (χ2v) is 8.10. The highest BCUT2D eigenvalue weighted by Gasteiger charge is 2.41. The predicted molar refractivity (Wildman–Crippen MR) is 111 cm³/mol. The Morgan fingerprint density at radius 1 is 1.23 bits per heavy atom. The van der Waals surface area contributed by atoms with E-state index in [0.29, 0.717) is 24.6 Å². The van der Waals surface area contributed by atoms with Gasteiger partial charge in [-0.25, -0.2) is 18.0 Å². The first-order valence-electron chi connectivity index (χ1n) is 10.4. The van der Waals surface area contributed by atoms with E-state index in [1.165, 1.54) is 12.1 Å². The lowest BCUT2D eigenvalue weighted by molar-refractivity contribution is -0.0419. The van der Waals surface area contributed by atoms with Gasteiger partial charge in [-0.15, -0.1) is 0 Å². The van der Waals surface area contributed by atoms with Crippen molar-refractivity contribution < 1.29 is 28.2 Å². The summed E-state index contributed by atoms with van der Waals surface area (Å²) in [5.41, 5.74) is -1.21. The highest BCUT2D eigenvalue weighted by molar-refractivity contribution is 5.71. The number of carboxylic acid groups (broad SMARTS) is 1. The molecule has 168 valence electrons. The van der Waals surface area contributed by atoms with Crippen molar-refractivity contribution in [2.75, 3.05) is 19.6 Å². The highest BCUT2D eigenvalue weighted by atomic mass is 19.1. The smallest absolute Gasteiger partial charge is 0.404 e. The summed E-state index contributed by atoms with van der Waals surface area (Å²) in [6.07, 6.45) is 0.494. The minimum atomic E-state index is -1.68. The molecule has 1 heterocycles. The SMILES string of the molecule is Cc1ccc(F)c(-c2c(F)cc(F)cc2C(O)(CCCNC(=O)O)[C@@H]2CCCNC2)c1. The molecule has 0 saturated carbocycles. The van der Waals surface area contributed by atoms with Gasteiger partial charge in [-0.05, 0) is 62.9 Å². The van der Waals surface area contributed by atoms with Gasteiger partial charge in [0.15, 0.2) is 0 Å². The normalized spacial score (nSPS) is 18.4. The molecular formula is C23H27F3N2O3. The average molecular weight is 436 g/mol. The average Bonchev–Trinajstić information content (AvgIpc) is 2.73. The molecule has 4 N–H and O–H groups in total. The summed E-state index contributed by atoms with van der Waals surface area (Å²) >= 11 is 0. The molecule has 1 unspecified atom stereocenters. The number of nitrogens with one attached hydrogen (secondary N) is 2. The fourth-order valence-electron chi connectivity index (χ4n) is 4.39. The maximum atomic E-state index is 15.1. The molecule has 0 radical (unpaired) electrons. The van der Waals surface area contributed by atoms with Gasteiger partial charge in [-0.3, -0.25) is 0 Å². The molecule has 2 atom stereocenters. The zero-order chi connectivity index (χ0) is 22.6. The first kappa shape index (κ1) is 23.1. The summed E-state index contributed by atoms with van der Waals surface area (Å²) in [6, 6.07) is 6.00. The minimum absolute atomic E-state index is 0.0153. The van der Waals surface area contributed by atoms with Crippen LogP contribution < -0.4 is 10.6 Å². The number of carbonyl (C=O) groups is 1. The molecule has 2 aromatic carbocycles. The van der Waals surface area contributed by atoms with E-state index in [1.54, 1.807) is 13.0 Å². The van der Waals surface area contributed by atoms with Gasteiger partial charge >= 0.3 is 6.09 Å². The largest absolute Gasteiger partial charge is 0.465 e. The Kier molecular flexibility index (Phi) is 7.23. The van der Waals surface area contributed by atoms with Gasteiger partial charge < -0.3 is 20.8 Å². The van der Waals surface area contributed by atoms with Crippen LogP contribution in [-0.2, 0) is 5.60 Å². The molecule has 0 spiro atoms. The number of halogens is 3. The Balaban J connectivity index is 2.13. The van der Waals surface area contributed by atoms with Crippen LogP contribution in [0.3, 0.4) is 0 Å². The lowest BCUT2D eigenvalue weighted by Crippen LogP contribution is -2.45. The van der Waals surface area contributed by atoms with Crippen LogP contribution in [0.1, 0.15) is 36.8 Å². The number of benzene rings is 2. The van der Waals surface area contributed by atoms with Crippen molar-refractivity contribution in [1.29, 1.82) is 0 Å². The van der Waals surface area contributed by atoms with E-state index in [-0.39, 0.29) is 42.0 Å².